The van der Waals surface area contributed by atoms with Crippen LogP contribution in [0.2, 0.25) is 0 Å². The maximum Gasteiger partial charge on any atom is 0.324 e. The summed E-state index contributed by atoms with van der Waals surface area (Å²) in [5, 5.41) is 12.3. The second-order valence-electron chi connectivity index (χ2n) is 14.7. The molecule has 0 aliphatic carbocycles. The molecule has 0 spiro atoms. The number of imidazole rings is 1. The predicted octanol–water partition coefficient (Wildman–Crippen LogP) is 6.25. The highest BCUT2D eigenvalue weighted by Gasteiger charge is 2.42. The molecule has 0 saturated carbocycles. The number of unbranched alkanes of at least 4 members (excludes halogenated alkanes) is 1. The number of piperidine rings is 1. The first-order valence-corrected chi connectivity index (χ1v) is 18.1. The standard InChI is InChI=1S/C40H42N8O7/c1-40(2,3)33-21-34(45-55-33)44-39(53)42-24-11-13-25(14-12-24)48-23-41-30-20-26(15-16-31(30)48)54-19-6-5-10-35(49)43-29-9-7-8-27-28(29)22-47(37(27)51)32-17-18-36(50)46(4)38(32)52/h7-9,11-16,20-21,23,32H,5-6,10,17-19,22H2,1-4H3,(H,43,49)(H2,42,44,45,53). The number of likely N-dealkylation sites (tertiary alicyclic amines) is 1. The highest BCUT2D eigenvalue weighted by atomic mass is 16.5. The number of rotatable bonds is 11. The van der Waals surface area contributed by atoms with Crippen molar-refractivity contribution in [3.05, 3.63) is 89.9 Å². The third kappa shape index (κ3) is 7.91. The fourth-order valence-electron chi connectivity index (χ4n) is 6.66. The number of ether oxygens (including phenoxy) is 1. The van der Waals surface area contributed by atoms with Gasteiger partial charge in [0.2, 0.25) is 11.8 Å². The molecule has 55 heavy (non-hydrogen) atoms. The molecule has 7 rings (SSSR count). The van der Waals surface area contributed by atoms with Crippen molar-refractivity contribution in [2.45, 2.75) is 70.9 Å². The van der Waals surface area contributed by atoms with Crippen molar-refractivity contribution in [2.24, 2.45) is 0 Å². The second-order valence-corrected chi connectivity index (χ2v) is 14.7. The monoisotopic (exact) mass is 746 g/mol. The molecule has 15 nitrogen and oxygen atoms in total. The maximum absolute atomic E-state index is 13.2. The van der Waals surface area contributed by atoms with Crippen LogP contribution < -0.4 is 20.7 Å². The second kappa shape index (κ2) is 15.1. The quantitative estimate of drug-likeness (QED) is 0.104. The van der Waals surface area contributed by atoms with Crippen LogP contribution in [0, 0.1) is 0 Å². The average molecular weight is 747 g/mol. The van der Waals surface area contributed by atoms with Gasteiger partial charge in [0, 0.05) is 72.2 Å². The molecule has 2 aliphatic rings. The molecule has 0 bridgehead atoms. The van der Waals surface area contributed by atoms with E-state index in [-0.39, 0.29) is 54.9 Å². The van der Waals surface area contributed by atoms with Crippen LogP contribution in [0.3, 0.4) is 0 Å². The summed E-state index contributed by atoms with van der Waals surface area (Å²) in [4.78, 5) is 70.4. The molecule has 1 saturated heterocycles. The Balaban J connectivity index is 0.866. The van der Waals surface area contributed by atoms with Crippen LogP contribution >= 0.6 is 0 Å². The summed E-state index contributed by atoms with van der Waals surface area (Å²) in [6.07, 6.45) is 3.70. The number of amides is 6. The van der Waals surface area contributed by atoms with Crippen molar-refractivity contribution in [1.82, 2.24) is 24.5 Å². The largest absolute Gasteiger partial charge is 0.494 e. The number of fused-ring (bicyclic) bond motifs is 2. The van der Waals surface area contributed by atoms with Gasteiger partial charge in [-0.3, -0.25) is 34.0 Å². The number of aromatic nitrogens is 3. The van der Waals surface area contributed by atoms with Gasteiger partial charge in [-0.05, 0) is 67.8 Å². The van der Waals surface area contributed by atoms with Crippen LogP contribution in [-0.2, 0) is 26.3 Å². The number of likely N-dealkylation sites (N-methyl/N-ethyl adjacent to an activating group) is 1. The van der Waals surface area contributed by atoms with Crippen molar-refractivity contribution in [3.63, 3.8) is 0 Å². The third-order valence-corrected chi connectivity index (χ3v) is 9.75. The summed E-state index contributed by atoms with van der Waals surface area (Å²) in [5.74, 6) is 0.564. The Kier molecular flexibility index (Phi) is 10.1. The molecule has 6 amide bonds. The molecule has 3 N–H and O–H groups in total. The molecule has 0 radical (unpaired) electrons. The van der Waals surface area contributed by atoms with Gasteiger partial charge < -0.3 is 24.8 Å². The van der Waals surface area contributed by atoms with Crippen LogP contribution in [0.25, 0.3) is 16.7 Å². The third-order valence-electron chi connectivity index (χ3n) is 9.75. The number of benzene rings is 3. The highest BCUT2D eigenvalue weighted by molar-refractivity contribution is 6.06. The summed E-state index contributed by atoms with van der Waals surface area (Å²) in [7, 11) is 1.44. The van der Waals surface area contributed by atoms with E-state index in [4.69, 9.17) is 9.26 Å². The summed E-state index contributed by atoms with van der Waals surface area (Å²) >= 11 is 0. The molecular weight excluding hydrogens is 704 g/mol. The van der Waals surface area contributed by atoms with Gasteiger partial charge in [0.05, 0.1) is 17.6 Å². The lowest BCUT2D eigenvalue weighted by Crippen LogP contribution is -2.53. The van der Waals surface area contributed by atoms with Gasteiger partial charge in [0.25, 0.3) is 11.8 Å². The van der Waals surface area contributed by atoms with Crippen LogP contribution in [0.15, 0.2) is 77.6 Å². The minimum Gasteiger partial charge on any atom is -0.494 e. The molecule has 1 unspecified atom stereocenters. The van der Waals surface area contributed by atoms with Gasteiger partial charge in [-0.25, -0.2) is 9.78 Å². The smallest absolute Gasteiger partial charge is 0.324 e. The van der Waals surface area contributed by atoms with Crippen molar-refractivity contribution in [1.29, 1.82) is 0 Å². The Morgan fingerprint density at radius 3 is 2.53 bits per heavy atom. The first-order chi connectivity index (χ1) is 26.4. The van der Waals surface area contributed by atoms with E-state index in [9.17, 15) is 24.0 Å². The minimum atomic E-state index is -0.708. The normalized spacial score (nSPS) is 15.7. The molecule has 15 heteroatoms. The summed E-state index contributed by atoms with van der Waals surface area (Å²) in [6.45, 7) is 6.59. The molecule has 4 heterocycles. The molecular formula is C40H42N8O7. The fraction of sp³-hybridized carbons (Fsp3) is 0.325. The van der Waals surface area contributed by atoms with E-state index in [2.05, 4.69) is 26.1 Å². The summed E-state index contributed by atoms with van der Waals surface area (Å²) in [5.41, 5.74) is 4.54. The van der Waals surface area contributed by atoms with Gasteiger partial charge in [-0.15, -0.1) is 0 Å². The van der Waals surface area contributed by atoms with Crippen molar-refractivity contribution in [2.75, 3.05) is 29.6 Å². The van der Waals surface area contributed by atoms with E-state index in [1.807, 2.05) is 55.7 Å². The van der Waals surface area contributed by atoms with Gasteiger partial charge >= 0.3 is 6.03 Å². The molecule has 1 fully saturated rings. The van der Waals surface area contributed by atoms with Crippen LogP contribution in [0.1, 0.15) is 74.6 Å². The lowest BCUT2D eigenvalue weighted by molar-refractivity contribution is -0.150. The minimum absolute atomic E-state index is 0.182. The van der Waals surface area contributed by atoms with Crippen molar-refractivity contribution >= 4 is 57.9 Å². The number of carbonyl (C=O) groups is 5. The predicted molar refractivity (Wildman–Crippen MR) is 204 cm³/mol. The fourth-order valence-corrected chi connectivity index (χ4v) is 6.66. The first kappa shape index (κ1) is 36.8. The number of hydrogen-bond acceptors (Lipinski definition) is 9. The SMILES string of the molecule is CN1C(=O)CCC(N2Cc3c(NC(=O)CCCCOc4ccc5c(c4)ncn5-c4ccc(NC(=O)Nc5cc(C(C)(C)C)on5)cc4)cccc3C2=O)C1=O. The van der Waals surface area contributed by atoms with E-state index in [1.165, 1.54) is 11.9 Å². The Bertz CT molecular complexity index is 2290. The van der Waals surface area contributed by atoms with Crippen molar-refractivity contribution < 1.29 is 33.2 Å². The number of nitrogens with zero attached hydrogens (tertiary/aromatic N) is 5. The van der Waals surface area contributed by atoms with E-state index >= 15 is 0 Å². The zero-order valence-corrected chi connectivity index (χ0v) is 31.0. The van der Waals surface area contributed by atoms with E-state index < -0.39 is 12.1 Å². The first-order valence-electron chi connectivity index (χ1n) is 18.1. The zero-order valence-electron chi connectivity index (χ0n) is 31.0. The van der Waals surface area contributed by atoms with Gasteiger partial charge in [-0.2, -0.15) is 0 Å². The van der Waals surface area contributed by atoms with Gasteiger partial charge in [-0.1, -0.05) is 32.0 Å². The number of anilines is 3. The lowest BCUT2D eigenvalue weighted by atomic mass is 9.93. The van der Waals surface area contributed by atoms with Gasteiger partial charge in [0.1, 0.15) is 23.9 Å². The molecule has 1 atom stereocenters. The van der Waals surface area contributed by atoms with Crippen molar-refractivity contribution in [3.8, 4) is 11.4 Å². The Morgan fingerprint density at radius 1 is 0.964 bits per heavy atom. The maximum atomic E-state index is 13.2. The van der Waals surface area contributed by atoms with E-state index in [1.54, 1.807) is 42.7 Å². The summed E-state index contributed by atoms with van der Waals surface area (Å²) < 4.78 is 13.2. The van der Waals surface area contributed by atoms with E-state index in [0.29, 0.717) is 59.3 Å². The highest BCUT2D eigenvalue weighted by Crippen LogP contribution is 2.33. The number of carbonyl (C=O) groups excluding carboxylic acids is 5. The van der Waals surface area contributed by atoms with Crippen LogP contribution in [0.4, 0.5) is 22.0 Å². The van der Waals surface area contributed by atoms with Gasteiger partial charge in [0.15, 0.2) is 5.82 Å². The zero-order chi connectivity index (χ0) is 38.9. The lowest BCUT2D eigenvalue weighted by Gasteiger charge is -2.33. The average Bonchev–Trinajstić information content (AvgIpc) is 3.89. The molecule has 3 aromatic carbocycles. The summed E-state index contributed by atoms with van der Waals surface area (Å²) in [6, 6.07) is 18.8. The topological polar surface area (TPSA) is 181 Å². The molecule has 5 aromatic rings. The molecule has 2 aromatic heterocycles. The van der Waals surface area contributed by atoms with Crippen LogP contribution in [-0.4, -0.2) is 73.9 Å². The number of hydrogen-bond donors (Lipinski definition) is 3. The number of nitrogens with one attached hydrogen (secondary N) is 3. The Hall–Kier alpha value is -6.51. The molecule has 284 valence electrons. The number of urea groups is 1. The number of imide groups is 1. The Labute approximate surface area is 317 Å². The molecule has 2 aliphatic heterocycles. The Morgan fingerprint density at radius 2 is 1.76 bits per heavy atom. The van der Waals surface area contributed by atoms with Crippen LogP contribution in [0.5, 0.6) is 5.75 Å². The van der Waals surface area contributed by atoms with E-state index in [0.717, 1.165) is 21.6 Å².